The van der Waals surface area contributed by atoms with E-state index in [1.54, 1.807) is 4.90 Å². The summed E-state index contributed by atoms with van der Waals surface area (Å²) in [6.07, 6.45) is 1.74. The number of benzene rings is 1. The highest BCUT2D eigenvalue weighted by Gasteiger charge is 2.27. The van der Waals surface area contributed by atoms with E-state index in [4.69, 9.17) is 15.6 Å². The van der Waals surface area contributed by atoms with E-state index in [1.165, 1.54) is 0 Å². The van der Waals surface area contributed by atoms with Gasteiger partial charge in [-0.05, 0) is 18.4 Å². The molecule has 20 heavy (non-hydrogen) atoms. The first kappa shape index (κ1) is 15.0. The molecule has 0 spiro atoms. The fraction of sp³-hybridized carbons (Fsp3) is 0.533. The highest BCUT2D eigenvalue weighted by molar-refractivity contribution is 5.83. The standard InChI is InChI=1S/C15H22N2O3/c16-14(12-4-2-1-3-5-12)15(19)17-8-6-13(7-9-17)20-11-10-18/h1-5,13-14,18H,6-11,16H2/t14-/m1/s1. The summed E-state index contributed by atoms with van der Waals surface area (Å²) >= 11 is 0. The molecule has 3 N–H and O–H groups in total. The molecule has 1 aliphatic rings. The Hall–Kier alpha value is -1.43. The second-order valence-electron chi connectivity index (χ2n) is 5.01. The van der Waals surface area contributed by atoms with Gasteiger partial charge in [0.15, 0.2) is 0 Å². The minimum atomic E-state index is -0.592. The summed E-state index contributed by atoms with van der Waals surface area (Å²) in [5, 5.41) is 8.73. The molecule has 1 aromatic carbocycles. The fourth-order valence-electron chi connectivity index (χ4n) is 2.46. The van der Waals surface area contributed by atoms with Crippen molar-refractivity contribution >= 4 is 5.91 Å². The molecule has 1 amide bonds. The number of hydrogen-bond donors (Lipinski definition) is 2. The Kier molecular flexibility index (Phi) is 5.52. The van der Waals surface area contributed by atoms with E-state index in [-0.39, 0.29) is 18.6 Å². The summed E-state index contributed by atoms with van der Waals surface area (Å²) in [7, 11) is 0. The number of carbonyl (C=O) groups is 1. The molecular weight excluding hydrogens is 256 g/mol. The summed E-state index contributed by atoms with van der Waals surface area (Å²) in [5.74, 6) is -0.0307. The Bertz CT molecular complexity index is 416. The summed E-state index contributed by atoms with van der Waals surface area (Å²) < 4.78 is 5.49. The minimum absolute atomic E-state index is 0.0307. The maximum absolute atomic E-state index is 12.3. The Morgan fingerprint density at radius 3 is 2.60 bits per heavy atom. The molecule has 1 atom stereocenters. The van der Waals surface area contributed by atoms with Gasteiger partial charge in [0.2, 0.25) is 5.91 Å². The van der Waals surface area contributed by atoms with Gasteiger partial charge in [-0.25, -0.2) is 0 Å². The first-order chi connectivity index (χ1) is 9.72. The van der Waals surface area contributed by atoms with Crippen LogP contribution < -0.4 is 5.73 Å². The molecule has 0 unspecified atom stereocenters. The molecule has 1 saturated heterocycles. The van der Waals surface area contributed by atoms with Crippen molar-refractivity contribution in [2.75, 3.05) is 26.3 Å². The van der Waals surface area contributed by atoms with Crippen molar-refractivity contribution in [3.05, 3.63) is 35.9 Å². The zero-order valence-corrected chi connectivity index (χ0v) is 11.6. The Balaban J connectivity index is 1.85. The molecular formula is C15H22N2O3. The van der Waals surface area contributed by atoms with Crippen molar-refractivity contribution in [1.82, 2.24) is 4.90 Å². The highest BCUT2D eigenvalue weighted by Crippen LogP contribution is 2.18. The molecule has 1 aromatic rings. The van der Waals surface area contributed by atoms with E-state index >= 15 is 0 Å². The summed E-state index contributed by atoms with van der Waals surface area (Å²) in [6.45, 7) is 1.73. The van der Waals surface area contributed by atoms with Crippen LogP contribution >= 0.6 is 0 Å². The van der Waals surface area contributed by atoms with Gasteiger partial charge in [-0.3, -0.25) is 4.79 Å². The third kappa shape index (κ3) is 3.79. The largest absolute Gasteiger partial charge is 0.394 e. The average molecular weight is 278 g/mol. The lowest BCUT2D eigenvalue weighted by Gasteiger charge is -2.33. The first-order valence-electron chi connectivity index (χ1n) is 7.04. The zero-order chi connectivity index (χ0) is 14.4. The number of nitrogens with zero attached hydrogens (tertiary/aromatic N) is 1. The second kappa shape index (κ2) is 7.38. The van der Waals surface area contributed by atoms with Gasteiger partial charge in [0.1, 0.15) is 6.04 Å². The van der Waals surface area contributed by atoms with Crippen LogP contribution in [0.25, 0.3) is 0 Å². The second-order valence-corrected chi connectivity index (χ2v) is 5.01. The van der Waals surface area contributed by atoms with Crippen LogP contribution in [0, 0.1) is 0 Å². The molecule has 110 valence electrons. The number of carbonyl (C=O) groups excluding carboxylic acids is 1. The maximum atomic E-state index is 12.3. The molecule has 0 bridgehead atoms. The van der Waals surface area contributed by atoms with Gasteiger partial charge in [-0.2, -0.15) is 0 Å². The van der Waals surface area contributed by atoms with E-state index in [9.17, 15) is 4.79 Å². The number of aliphatic hydroxyl groups excluding tert-OH is 1. The van der Waals surface area contributed by atoms with Crippen LogP contribution in [0.3, 0.4) is 0 Å². The number of ether oxygens (including phenoxy) is 1. The van der Waals surface area contributed by atoms with E-state index in [1.807, 2.05) is 30.3 Å². The maximum Gasteiger partial charge on any atom is 0.244 e. The molecule has 0 aromatic heterocycles. The number of amides is 1. The number of rotatable bonds is 5. The van der Waals surface area contributed by atoms with Crippen molar-refractivity contribution in [1.29, 1.82) is 0 Å². The van der Waals surface area contributed by atoms with Crippen molar-refractivity contribution in [2.45, 2.75) is 25.0 Å². The molecule has 2 rings (SSSR count). The van der Waals surface area contributed by atoms with Crippen molar-refractivity contribution in [2.24, 2.45) is 5.73 Å². The quantitative estimate of drug-likeness (QED) is 0.831. The molecule has 1 heterocycles. The molecule has 1 fully saturated rings. The van der Waals surface area contributed by atoms with Crippen LogP contribution in [0.1, 0.15) is 24.4 Å². The molecule has 5 heteroatoms. The Morgan fingerprint density at radius 2 is 2.00 bits per heavy atom. The van der Waals surface area contributed by atoms with Crippen molar-refractivity contribution < 1.29 is 14.6 Å². The Morgan fingerprint density at radius 1 is 1.35 bits per heavy atom. The SMILES string of the molecule is N[C@@H](C(=O)N1CCC(OCCO)CC1)c1ccccc1. The van der Waals surface area contributed by atoms with Crippen LogP contribution in [0.15, 0.2) is 30.3 Å². The van der Waals surface area contributed by atoms with E-state index in [0.29, 0.717) is 19.7 Å². The highest BCUT2D eigenvalue weighted by atomic mass is 16.5. The van der Waals surface area contributed by atoms with Crippen LogP contribution in [0.2, 0.25) is 0 Å². The van der Waals surface area contributed by atoms with Crippen LogP contribution in [-0.2, 0) is 9.53 Å². The van der Waals surface area contributed by atoms with Crippen molar-refractivity contribution in [3.63, 3.8) is 0 Å². The van der Waals surface area contributed by atoms with E-state index in [2.05, 4.69) is 0 Å². The van der Waals surface area contributed by atoms with Crippen LogP contribution in [-0.4, -0.2) is 48.3 Å². The predicted molar refractivity (Wildman–Crippen MR) is 76.0 cm³/mol. The lowest BCUT2D eigenvalue weighted by molar-refractivity contribution is -0.135. The molecule has 1 aliphatic heterocycles. The fourth-order valence-corrected chi connectivity index (χ4v) is 2.46. The smallest absolute Gasteiger partial charge is 0.244 e. The van der Waals surface area contributed by atoms with Gasteiger partial charge < -0.3 is 20.5 Å². The van der Waals surface area contributed by atoms with E-state index in [0.717, 1.165) is 18.4 Å². The summed E-state index contributed by atoms with van der Waals surface area (Å²) in [6, 6.07) is 8.84. The normalized spacial score (nSPS) is 18.0. The van der Waals surface area contributed by atoms with Gasteiger partial charge in [0.05, 0.1) is 19.3 Å². The van der Waals surface area contributed by atoms with Crippen LogP contribution in [0.5, 0.6) is 0 Å². The molecule has 0 saturated carbocycles. The average Bonchev–Trinajstić information content (AvgIpc) is 2.53. The number of piperidine rings is 1. The van der Waals surface area contributed by atoms with Gasteiger partial charge in [-0.15, -0.1) is 0 Å². The topological polar surface area (TPSA) is 75.8 Å². The molecule has 5 nitrogen and oxygen atoms in total. The minimum Gasteiger partial charge on any atom is -0.394 e. The zero-order valence-electron chi connectivity index (χ0n) is 11.6. The number of likely N-dealkylation sites (tertiary alicyclic amines) is 1. The monoisotopic (exact) mass is 278 g/mol. The Labute approximate surface area is 119 Å². The third-order valence-electron chi connectivity index (χ3n) is 3.62. The molecule has 0 aliphatic carbocycles. The van der Waals surface area contributed by atoms with E-state index < -0.39 is 6.04 Å². The lowest BCUT2D eigenvalue weighted by atomic mass is 10.0. The summed E-state index contributed by atoms with van der Waals surface area (Å²) in [5.41, 5.74) is 6.87. The van der Waals surface area contributed by atoms with Crippen molar-refractivity contribution in [3.8, 4) is 0 Å². The summed E-state index contributed by atoms with van der Waals surface area (Å²) in [4.78, 5) is 14.1. The number of aliphatic hydroxyl groups is 1. The third-order valence-corrected chi connectivity index (χ3v) is 3.62. The number of nitrogens with two attached hydrogens (primary N) is 1. The van der Waals surface area contributed by atoms with Gasteiger partial charge in [-0.1, -0.05) is 30.3 Å². The first-order valence-corrected chi connectivity index (χ1v) is 7.04. The van der Waals surface area contributed by atoms with Gasteiger partial charge in [0.25, 0.3) is 0 Å². The van der Waals surface area contributed by atoms with Crippen LogP contribution in [0.4, 0.5) is 0 Å². The molecule has 0 radical (unpaired) electrons. The number of hydrogen-bond acceptors (Lipinski definition) is 4. The predicted octanol–water partition coefficient (Wildman–Crippen LogP) is 0.686. The lowest BCUT2D eigenvalue weighted by Crippen LogP contribution is -2.45. The van der Waals surface area contributed by atoms with Gasteiger partial charge in [0, 0.05) is 13.1 Å². The van der Waals surface area contributed by atoms with Gasteiger partial charge >= 0.3 is 0 Å².